The van der Waals surface area contributed by atoms with Crippen molar-refractivity contribution in [2.45, 2.75) is 6.92 Å². The molecule has 0 unspecified atom stereocenters. The van der Waals surface area contributed by atoms with Crippen molar-refractivity contribution < 1.29 is 13.9 Å². The van der Waals surface area contributed by atoms with Gasteiger partial charge in [-0.15, -0.1) is 0 Å². The molecule has 0 bridgehead atoms. The molecular weight excluding hydrogens is 233 g/mol. The fourth-order valence-electron chi connectivity index (χ4n) is 1.73. The monoisotopic (exact) mass is 245 g/mol. The summed E-state index contributed by atoms with van der Waals surface area (Å²) < 4.78 is 18.4. The van der Waals surface area contributed by atoms with Crippen molar-refractivity contribution in [3.8, 4) is 5.75 Å². The standard InChI is InChI=1S/C14H12FNO2/c1-9-6-10(8-11(15)7-9)14(17)13-12(18-2)4-3-5-16-13/h3-8H,1-2H3. The Balaban J connectivity index is 2.47. The van der Waals surface area contributed by atoms with Crippen molar-refractivity contribution in [3.63, 3.8) is 0 Å². The molecule has 0 atom stereocenters. The summed E-state index contributed by atoms with van der Waals surface area (Å²) in [7, 11) is 1.46. The van der Waals surface area contributed by atoms with Gasteiger partial charge < -0.3 is 4.74 Å². The molecule has 0 aliphatic heterocycles. The molecule has 1 aromatic carbocycles. The predicted molar refractivity (Wildman–Crippen MR) is 65.4 cm³/mol. The maximum Gasteiger partial charge on any atom is 0.215 e. The summed E-state index contributed by atoms with van der Waals surface area (Å²) in [5, 5.41) is 0. The highest BCUT2D eigenvalue weighted by Crippen LogP contribution is 2.19. The van der Waals surface area contributed by atoms with Gasteiger partial charge in [-0.25, -0.2) is 9.37 Å². The van der Waals surface area contributed by atoms with Crippen LogP contribution < -0.4 is 4.74 Å². The maximum atomic E-state index is 13.3. The number of aryl methyl sites for hydroxylation is 1. The van der Waals surface area contributed by atoms with Gasteiger partial charge in [0.1, 0.15) is 11.6 Å². The second kappa shape index (κ2) is 4.96. The van der Waals surface area contributed by atoms with Gasteiger partial charge in [0.2, 0.25) is 5.78 Å². The van der Waals surface area contributed by atoms with Crippen LogP contribution in [0.5, 0.6) is 5.75 Å². The molecule has 1 aromatic heterocycles. The van der Waals surface area contributed by atoms with E-state index in [1.807, 2.05) is 0 Å². The number of methoxy groups -OCH3 is 1. The summed E-state index contributed by atoms with van der Waals surface area (Å²) in [6.07, 6.45) is 1.50. The smallest absolute Gasteiger partial charge is 0.215 e. The van der Waals surface area contributed by atoms with Crippen molar-refractivity contribution >= 4 is 5.78 Å². The van der Waals surface area contributed by atoms with Crippen LogP contribution in [0.4, 0.5) is 4.39 Å². The van der Waals surface area contributed by atoms with Gasteiger partial charge in [0, 0.05) is 11.8 Å². The van der Waals surface area contributed by atoms with E-state index in [1.54, 1.807) is 25.1 Å². The highest BCUT2D eigenvalue weighted by molar-refractivity contribution is 6.09. The largest absolute Gasteiger partial charge is 0.494 e. The van der Waals surface area contributed by atoms with Crippen LogP contribution in [0, 0.1) is 12.7 Å². The van der Waals surface area contributed by atoms with Crippen LogP contribution in [-0.4, -0.2) is 17.9 Å². The average molecular weight is 245 g/mol. The molecule has 2 rings (SSSR count). The summed E-state index contributed by atoms with van der Waals surface area (Å²) in [4.78, 5) is 16.2. The van der Waals surface area contributed by atoms with Gasteiger partial charge >= 0.3 is 0 Å². The van der Waals surface area contributed by atoms with Crippen LogP contribution >= 0.6 is 0 Å². The SMILES string of the molecule is COc1cccnc1C(=O)c1cc(C)cc(F)c1. The highest BCUT2D eigenvalue weighted by Gasteiger charge is 2.16. The minimum absolute atomic E-state index is 0.185. The minimum Gasteiger partial charge on any atom is -0.494 e. The number of halogens is 1. The molecule has 1 heterocycles. The molecule has 0 N–H and O–H groups in total. The maximum absolute atomic E-state index is 13.3. The highest BCUT2D eigenvalue weighted by atomic mass is 19.1. The van der Waals surface area contributed by atoms with Gasteiger partial charge in [-0.2, -0.15) is 0 Å². The first kappa shape index (κ1) is 12.2. The van der Waals surface area contributed by atoms with E-state index >= 15 is 0 Å². The Kier molecular flexibility index (Phi) is 3.37. The van der Waals surface area contributed by atoms with Crippen molar-refractivity contribution in [2.75, 3.05) is 7.11 Å². The number of ketones is 1. The van der Waals surface area contributed by atoms with Gasteiger partial charge in [-0.05, 0) is 42.8 Å². The first-order valence-electron chi connectivity index (χ1n) is 5.42. The molecule has 92 valence electrons. The van der Waals surface area contributed by atoms with E-state index in [9.17, 15) is 9.18 Å². The van der Waals surface area contributed by atoms with Crippen molar-refractivity contribution in [2.24, 2.45) is 0 Å². The second-order valence-electron chi connectivity index (χ2n) is 3.90. The summed E-state index contributed by atoms with van der Waals surface area (Å²) in [5.74, 6) is -0.410. The molecular formula is C14H12FNO2. The first-order chi connectivity index (χ1) is 8.61. The summed E-state index contributed by atoms with van der Waals surface area (Å²) in [5.41, 5.74) is 1.14. The third-order valence-electron chi connectivity index (χ3n) is 2.51. The van der Waals surface area contributed by atoms with Gasteiger partial charge in [-0.3, -0.25) is 4.79 Å². The number of aromatic nitrogens is 1. The van der Waals surface area contributed by atoms with E-state index in [4.69, 9.17) is 4.74 Å². The molecule has 3 nitrogen and oxygen atoms in total. The molecule has 0 aliphatic carbocycles. The molecule has 0 radical (unpaired) electrons. The van der Waals surface area contributed by atoms with Crippen LogP contribution in [0.1, 0.15) is 21.6 Å². The number of rotatable bonds is 3. The fraction of sp³-hybridized carbons (Fsp3) is 0.143. The third kappa shape index (κ3) is 2.37. The van der Waals surface area contributed by atoms with Crippen LogP contribution in [0.15, 0.2) is 36.5 Å². The number of ether oxygens (including phenoxy) is 1. The number of nitrogens with zero attached hydrogens (tertiary/aromatic N) is 1. The lowest BCUT2D eigenvalue weighted by molar-refractivity contribution is 0.103. The van der Waals surface area contributed by atoms with Crippen LogP contribution in [0.2, 0.25) is 0 Å². The van der Waals surface area contributed by atoms with E-state index in [2.05, 4.69) is 4.98 Å². The zero-order valence-corrected chi connectivity index (χ0v) is 10.1. The normalized spacial score (nSPS) is 10.2. The molecule has 0 saturated heterocycles. The average Bonchev–Trinajstić information content (AvgIpc) is 2.36. The molecule has 2 aromatic rings. The van der Waals surface area contributed by atoms with Crippen molar-refractivity contribution in [1.82, 2.24) is 4.98 Å². The van der Waals surface area contributed by atoms with Gasteiger partial charge in [0.05, 0.1) is 7.11 Å². The van der Waals surface area contributed by atoms with E-state index in [0.29, 0.717) is 11.3 Å². The quantitative estimate of drug-likeness (QED) is 0.780. The molecule has 0 saturated carbocycles. The Morgan fingerprint density at radius 3 is 2.78 bits per heavy atom. The third-order valence-corrected chi connectivity index (χ3v) is 2.51. The Hall–Kier alpha value is -2.23. The molecule has 0 spiro atoms. The summed E-state index contributed by atoms with van der Waals surface area (Å²) in [6, 6.07) is 7.51. The Morgan fingerprint density at radius 2 is 2.11 bits per heavy atom. The lowest BCUT2D eigenvalue weighted by Gasteiger charge is -2.06. The van der Waals surface area contributed by atoms with Crippen LogP contribution in [0.3, 0.4) is 0 Å². The molecule has 0 amide bonds. The van der Waals surface area contributed by atoms with Crippen LogP contribution in [-0.2, 0) is 0 Å². The van der Waals surface area contributed by atoms with E-state index in [0.717, 1.165) is 0 Å². The van der Waals surface area contributed by atoms with Crippen molar-refractivity contribution in [1.29, 1.82) is 0 Å². The zero-order chi connectivity index (χ0) is 13.1. The molecule has 18 heavy (non-hydrogen) atoms. The second-order valence-corrected chi connectivity index (χ2v) is 3.90. The Morgan fingerprint density at radius 1 is 1.33 bits per heavy atom. The van der Waals surface area contributed by atoms with Gasteiger partial charge in [0.25, 0.3) is 0 Å². The predicted octanol–water partition coefficient (Wildman–Crippen LogP) is 2.77. The molecule has 0 aliphatic rings. The number of hydrogen-bond donors (Lipinski definition) is 0. The minimum atomic E-state index is -0.437. The number of carbonyl (C=O) groups is 1. The number of pyridine rings is 1. The Labute approximate surface area is 104 Å². The number of hydrogen-bond acceptors (Lipinski definition) is 3. The molecule has 4 heteroatoms. The zero-order valence-electron chi connectivity index (χ0n) is 10.1. The van der Waals surface area contributed by atoms with Gasteiger partial charge in [0.15, 0.2) is 5.69 Å². The van der Waals surface area contributed by atoms with E-state index in [1.165, 1.54) is 25.4 Å². The summed E-state index contributed by atoms with van der Waals surface area (Å²) >= 11 is 0. The summed E-state index contributed by atoms with van der Waals surface area (Å²) in [6.45, 7) is 1.73. The Bertz CT molecular complexity index is 576. The van der Waals surface area contributed by atoms with Crippen LogP contribution in [0.25, 0.3) is 0 Å². The van der Waals surface area contributed by atoms with Gasteiger partial charge in [-0.1, -0.05) is 0 Å². The van der Waals surface area contributed by atoms with Crippen molar-refractivity contribution in [3.05, 3.63) is 59.2 Å². The lowest BCUT2D eigenvalue weighted by Crippen LogP contribution is -2.07. The molecule has 0 fully saturated rings. The first-order valence-corrected chi connectivity index (χ1v) is 5.42. The fourth-order valence-corrected chi connectivity index (χ4v) is 1.73. The van der Waals surface area contributed by atoms with E-state index < -0.39 is 5.82 Å². The topological polar surface area (TPSA) is 39.2 Å². The van der Waals surface area contributed by atoms with E-state index in [-0.39, 0.29) is 17.0 Å². The number of benzene rings is 1. The lowest BCUT2D eigenvalue weighted by atomic mass is 10.0. The number of carbonyl (C=O) groups excluding carboxylic acids is 1.